The van der Waals surface area contributed by atoms with Gasteiger partial charge in [-0.3, -0.25) is 0 Å². The molecule has 2 amide bonds. The number of nitrogens with one attached hydrogen (secondary N) is 1. The van der Waals surface area contributed by atoms with E-state index in [1.165, 1.54) is 4.90 Å². The number of carboxylic acid groups (broad SMARTS) is 1. The quantitative estimate of drug-likeness (QED) is 0.447. The number of carboxylic acids is 1. The summed E-state index contributed by atoms with van der Waals surface area (Å²) in [5, 5.41) is 28.7. The van der Waals surface area contributed by atoms with Gasteiger partial charge in [0, 0.05) is 13.1 Å². The summed E-state index contributed by atoms with van der Waals surface area (Å²) in [4.78, 5) is 22.9. The molecule has 0 aromatic rings. The van der Waals surface area contributed by atoms with Crippen molar-refractivity contribution in [3.63, 3.8) is 0 Å². The Hall–Kier alpha value is -1.34. The first-order chi connectivity index (χ1) is 7.00. The zero-order chi connectivity index (χ0) is 11.4. The van der Waals surface area contributed by atoms with Gasteiger partial charge in [-0.15, -0.1) is 0 Å². The van der Waals surface area contributed by atoms with Crippen molar-refractivity contribution in [3.8, 4) is 0 Å². The molecule has 0 spiro atoms. The van der Waals surface area contributed by atoms with Crippen LogP contribution in [0.2, 0.25) is 0 Å². The second-order valence-electron chi connectivity index (χ2n) is 3.43. The van der Waals surface area contributed by atoms with Crippen molar-refractivity contribution in [2.24, 2.45) is 0 Å². The van der Waals surface area contributed by atoms with Gasteiger partial charge in [-0.1, -0.05) is 0 Å². The number of carbonyl (C=O) groups excluding carboxylic acids is 1. The topological polar surface area (TPSA) is 110 Å². The number of amides is 2. The van der Waals surface area contributed by atoms with Crippen molar-refractivity contribution in [1.29, 1.82) is 0 Å². The monoisotopic (exact) mass is 218 g/mol. The van der Waals surface area contributed by atoms with E-state index in [-0.39, 0.29) is 13.1 Å². The van der Waals surface area contributed by atoms with Crippen molar-refractivity contribution in [3.05, 3.63) is 0 Å². The number of β-amino-alcohol motifs (C(OH)–C–C–N with tert-alkyl or cyclic N) is 1. The van der Waals surface area contributed by atoms with Crippen molar-refractivity contribution in [1.82, 2.24) is 10.2 Å². The number of likely N-dealkylation sites (tertiary alicyclic amines) is 1. The molecule has 15 heavy (non-hydrogen) atoms. The van der Waals surface area contributed by atoms with E-state index < -0.39 is 24.2 Å². The number of hydrogen-bond donors (Lipinski definition) is 4. The minimum Gasteiger partial charge on any atom is -0.479 e. The normalized spacial score (nSPS) is 22.5. The average Bonchev–Trinajstić information content (AvgIpc) is 2.60. The lowest BCUT2D eigenvalue weighted by molar-refractivity contribution is -0.146. The lowest BCUT2D eigenvalue weighted by Crippen LogP contribution is -2.43. The number of nitrogens with zero attached hydrogens (tertiary/aromatic N) is 1. The van der Waals surface area contributed by atoms with Crippen LogP contribution in [-0.4, -0.2) is 64.1 Å². The van der Waals surface area contributed by atoms with Gasteiger partial charge in [-0.25, -0.2) is 9.59 Å². The molecule has 1 aliphatic heterocycles. The standard InChI is InChI=1S/C8H14N2O5/c11-5-1-2-10(4-5)8(15)9-3-6(12)7(13)14/h5-6,11-12H,1-4H2,(H,9,15)(H,13,14). The van der Waals surface area contributed by atoms with Gasteiger partial charge in [0.15, 0.2) is 6.10 Å². The summed E-state index contributed by atoms with van der Waals surface area (Å²) in [5.74, 6) is -1.38. The molecule has 0 saturated carbocycles. The van der Waals surface area contributed by atoms with E-state index in [4.69, 9.17) is 15.3 Å². The van der Waals surface area contributed by atoms with E-state index in [1.807, 2.05) is 0 Å². The highest BCUT2D eigenvalue weighted by molar-refractivity contribution is 5.77. The third-order valence-electron chi connectivity index (χ3n) is 2.18. The maximum Gasteiger partial charge on any atom is 0.334 e. The van der Waals surface area contributed by atoms with Crippen LogP contribution in [0.5, 0.6) is 0 Å². The molecular formula is C8H14N2O5. The molecule has 0 radical (unpaired) electrons. The maximum atomic E-state index is 11.3. The number of aliphatic hydroxyl groups excluding tert-OH is 2. The Balaban J connectivity index is 2.27. The molecular weight excluding hydrogens is 204 g/mol. The second kappa shape index (κ2) is 4.94. The van der Waals surface area contributed by atoms with Crippen LogP contribution in [0.4, 0.5) is 4.79 Å². The zero-order valence-electron chi connectivity index (χ0n) is 8.09. The third kappa shape index (κ3) is 3.37. The van der Waals surface area contributed by atoms with E-state index >= 15 is 0 Å². The average molecular weight is 218 g/mol. The highest BCUT2D eigenvalue weighted by Gasteiger charge is 2.25. The molecule has 0 aromatic heterocycles. The van der Waals surface area contributed by atoms with Crippen LogP contribution in [0.1, 0.15) is 6.42 Å². The number of hydrogen-bond acceptors (Lipinski definition) is 4. The van der Waals surface area contributed by atoms with Gasteiger partial charge in [0.25, 0.3) is 0 Å². The van der Waals surface area contributed by atoms with Gasteiger partial charge in [0.05, 0.1) is 12.6 Å². The fourth-order valence-corrected chi connectivity index (χ4v) is 1.31. The first-order valence-corrected chi connectivity index (χ1v) is 4.62. The van der Waals surface area contributed by atoms with Gasteiger partial charge < -0.3 is 25.5 Å². The smallest absolute Gasteiger partial charge is 0.334 e. The summed E-state index contributed by atoms with van der Waals surface area (Å²) in [5.41, 5.74) is 0. The minimum absolute atomic E-state index is 0.245. The Morgan fingerprint density at radius 2 is 2.20 bits per heavy atom. The number of urea groups is 1. The van der Waals surface area contributed by atoms with Gasteiger partial charge in [0.2, 0.25) is 0 Å². The predicted molar refractivity (Wildman–Crippen MR) is 49.2 cm³/mol. The molecule has 86 valence electrons. The van der Waals surface area contributed by atoms with E-state index in [0.717, 1.165) is 0 Å². The Bertz CT molecular complexity index is 257. The molecule has 0 aromatic carbocycles. The molecule has 4 N–H and O–H groups in total. The van der Waals surface area contributed by atoms with Gasteiger partial charge >= 0.3 is 12.0 Å². The van der Waals surface area contributed by atoms with E-state index in [0.29, 0.717) is 13.0 Å². The first kappa shape index (κ1) is 11.7. The fourth-order valence-electron chi connectivity index (χ4n) is 1.31. The lowest BCUT2D eigenvalue weighted by Gasteiger charge is -2.17. The Morgan fingerprint density at radius 1 is 1.53 bits per heavy atom. The van der Waals surface area contributed by atoms with Crippen LogP contribution in [-0.2, 0) is 4.79 Å². The second-order valence-corrected chi connectivity index (χ2v) is 3.43. The summed E-state index contributed by atoms with van der Waals surface area (Å²) in [6.45, 7) is 0.353. The zero-order valence-corrected chi connectivity index (χ0v) is 8.09. The summed E-state index contributed by atoms with van der Waals surface area (Å²) < 4.78 is 0. The molecule has 2 unspecified atom stereocenters. The van der Waals surface area contributed by atoms with E-state index in [2.05, 4.69) is 5.32 Å². The number of rotatable bonds is 3. The molecule has 1 heterocycles. The highest BCUT2D eigenvalue weighted by atomic mass is 16.4. The van der Waals surface area contributed by atoms with Crippen molar-refractivity contribution in [2.75, 3.05) is 19.6 Å². The molecule has 1 saturated heterocycles. The maximum absolute atomic E-state index is 11.3. The minimum atomic E-state index is -1.60. The van der Waals surface area contributed by atoms with Gasteiger partial charge in [-0.05, 0) is 6.42 Å². The van der Waals surface area contributed by atoms with Gasteiger partial charge in [0.1, 0.15) is 0 Å². The Labute approximate surface area is 86.3 Å². The van der Waals surface area contributed by atoms with E-state index in [9.17, 15) is 9.59 Å². The number of carbonyl (C=O) groups is 2. The molecule has 1 aliphatic rings. The molecule has 1 rings (SSSR count). The number of aliphatic hydroxyl groups is 2. The van der Waals surface area contributed by atoms with Crippen LogP contribution in [0.3, 0.4) is 0 Å². The lowest BCUT2D eigenvalue weighted by atomic mass is 10.3. The van der Waals surface area contributed by atoms with E-state index in [1.54, 1.807) is 0 Å². The largest absolute Gasteiger partial charge is 0.479 e. The molecule has 0 bridgehead atoms. The Kier molecular flexibility index (Phi) is 3.87. The fraction of sp³-hybridized carbons (Fsp3) is 0.750. The predicted octanol–water partition coefficient (Wildman–Crippen LogP) is -1.79. The summed E-state index contributed by atoms with van der Waals surface area (Å²) in [6.07, 6.45) is -1.59. The summed E-state index contributed by atoms with van der Waals surface area (Å²) >= 11 is 0. The number of aliphatic carboxylic acids is 1. The Morgan fingerprint density at radius 3 is 2.67 bits per heavy atom. The van der Waals surface area contributed by atoms with Crippen molar-refractivity contribution in [2.45, 2.75) is 18.6 Å². The van der Waals surface area contributed by atoms with Crippen LogP contribution in [0.15, 0.2) is 0 Å². The first-order valence-electron chi connectivity index (χ1n) is 4.62. The van der Waals surface area contributed by atoms with Crippen LogP contribution < -0.4 is 5.32 Å². The molecule has 7 heteroatoms. The molecule has 7 nitrogen and oxygen atoms in total. The van der Waals surface area contributed by atoms with Crippen LogP contribution in [0.25, 0.3) is 0 Å². The van der Waals surface area contributed by atoms with Crippen molar-refractivity contribution < 1.29 is 24.9 Å². The highest BCUT2D eigenvalue weighted by Crippen LogP contribution is 2.08. The SMILES string of the molecule is O=C(O)C(O)CNC(=O)N1CCC(O)C1. The van der Waals surface area contributed by atoms with Crippen LogP contribution >= 0.6 is 0 Å². The molecule has 2 atom stereocenters. The van der Waals surface area contributed by atoms with Crippen molar-refractivity contribution >= 4 is 12.0 Å². The molecule has 0 aliphatic carbocycles. The van der Waals surface area contributed by atoms with Crippen LogP contribution in [0, 0.1) is 0 Å². The summed E-state index contributed by atoms with van der Waals surface area (Å²) in [6, 6.07) is -0.466. The molecule has 1 fully saturated rings. The van der Waals surface area contributed by atoms with Gasteiger partial charge in [-0.2, -0.15) is 0 Å². The summed E-state index contributed by atoms with van der Waals surface area (Å²) in [7, 11) is 0. The third-order valence-corrected chi connectivity index (χ3v) is 2.18.